The second-order valence-corrected chi connectivity index (χ2v) is 9.75. The minimum Gasteiger partial charge on any atom is -0.506 e. The molecule has 0 aliphatic heterocycles. The molecular weight excluding hydrogens is 309 g/mol. The van der Waals surface area contributed by atoms with Gasteiger partial charge in [-0.15, -0.1) is 0 Å². The quantitative estimate of drug-likeness (QED) is 0.457. The van der Waals surface area contributed by atoms with Crippen LogP contribution in [0.4, 0.5) is 0 Å². The van der Waals surface area contributed by atoms with Gasteiger partial charge < -0.3 is 14.8 Å². The SMILES string of the molecule is CCCCCP(=O)(CCCCC)C(O)c1cnc(C)c(O)c1C. The molecule has 132 valence electrons. The predicted octanol–water partition coefficient (Wildman–Crippen LogP) is 5.14. The normalized spacial score (nSPS) is 13.3. The van der Waals surface area contributed by atoms with E-state index in [1.807, 2.05) is 0 Å². The van der Waals surface area contributed by atoms with E-state index < -0.39 is 13.0 Å². The Morgan fingerprint density at radius 1 is 1.09 bits per heavy atom. The molecule has 0 amide bonds. The molecule has 0 aliphatic carbocycles. The van der Waals surface area contributed by atoms with Gasteiger partial charge in [-0.25, -0.2) is 0 Å². The lowest BCUT2D eigenvalue weighted by atomic mass is 10.1. The van der Waals surface area contributed by atoms with Crippen molar-refractivity contribution in [1.82, 2.24) is 4.98 Å². The molecule has 1 rings (SSSR count). The highest BCUT2D eigenvalue weighted by molar-refractivity contribution is 7.64. The number of aliphatic hydroxyl groups excluding tert-OH is 1. The van der Waals surface area contributed by atoms with Crippen molar-refractivity contribution in [3.63, 3.8) is 0 Å². The summed E-state index contributed by atoms with van der Waals surface area (Å²) in [5.41, 5.74) is 1.64. The molecule has 0 aliphatic rings. The number of rotatable bonds is 10. The fourth-order valence-corrected chi connectivity index (χ4v) is 5.86. The molecule has 23 heavy (non-hydrogen) atoms. The van der Waals surface area contributed by atoms with Crippen LogP contribution in [0.3, 0.4) is 0 Å². The van der Waals surface area contributed by atoms with E-state index in [4.69, 9.17) is 0 Å². The molecule has 0 fully saturated rings. The molecule has 0 saturated carbocycles. The van der Waals surface area contributed by atoms with Crippen molar-refractivity contribution in [2.24, 2.45) is 0 Å². The fourth-order valence-electron chi connectivity index (χ4n) is 2.86. The van der Waals surface area contributed by atoms with Gasteiger partial charge in [0.05, 0.1) is 5.69 Å². The van der Waals surface area contributed by atoms with Gasteiger partial charge >= 0.3 is 0 Å². The van der Waals surface area contributed by atoms with E-state index in [0.29, 0.717) is 29.1 Å². The van der Waals surface area contributed by atoms with Crippen molar-refractivity contribution < 1.29 is 14.8 Å². The number of aromatic hydroxyl groups is 1. The Morgan fingerprint density at radius 2 is 1.61 bits per heavy atom. The predicted molar refractivity (Wildman–Crippen MR) is 96.7 cm³/mol. The first-order valence-corrected chi connectivity index (χ1v) is 10.9. The third kappa shape index (κ3) is 5.32. The number of aryl methyl sites for hydroxylation is 1. The van der Waals surface area contributed by atoms with Crippen LogP contribution in [-0.4, -0.2) is 27.5 Å². The van der Waals surface area contributed by atoms with Crippen LogP contribution in [-0.2, 0) is 4.57 Å². The van der Waals surface area contributed by atoms with Crippen molar-refractivity contribution in [1.29, 1.82) is 0 Å². The number of hydrogen-bond acceptors (Lipinski definition) is 4. The minimum absolute atomic E-state index is 0.0928. The highest BCUT2D eigenvalue weighted by atomic mass is 31.2. The number of aromatic nitrogens is 1. The summed E-state index contributed by atoms with van der Waals surface area (Å²) in [4.78, 5) is 4.14. The average Bonchev–Trinajstić information content (AvgIpc) is 2.53. The van der Waals surface area contributed by atoms with Crippen LogP contribution in [0.25, 0.3) is 0 Å². The Hall–Kier alpha value is -0.860. The summed E-state index contributed by atoms with van der Waals surface area (Å²) in [6.45, 7) is 7.71. The summed E-state index contributed by atoms with van der Waals surface area (Å²) >= 11 is 0. The Kier molecular flexibility index (Phi) is 8.28. The van der Waals surface area contributed by atoms with Gasteiger partial charge in [0.1, 0.15) is 18.7 Å². The zero-order valence-corrected chi connectivity index (χ0v) is 15.9. The molecule has 5 heteroatoms. The van der Waals surface area contributed by atoms with Crippen molar-refractivity contribution in [3.05, 3.63) is 23.0 Å². The Balaban J connectivity index is 3.04. The topological polar surface area (TPSA) is 70.4 Å². The highest BCUT2D eigenvalue weighted by Crippen LogP contribution is 2.59. The van der Waals surface area contributed by atoms with Crippen LogP contribution < -0.4 is 0 Å². The molecule has 1 atom stereocenters. The van der Waals surface area contributed by atoms with Crippen LogP contribution >= 0.6 is 7.14 Å². The number of pyridine rings is 1. The van der Waals surface area contributed by atoms with E-state index >= 15 is 0 Å². The Morgan fingerprint density at radius 3 is 2.09 bits per heavy atom. The summed E-state index contributed by atoms with van der Waals surface area (Å²) in [6, 6.07) is 0. The zero-order valence-electron chi connectivity index (χ0n) is 15.0. The first-order valence-electron chi connectivity index (χ1n) is 8.78. The Bertz CT molecular complexity index is 531. The average molecular weight is 341 g/mol. The molecule has 0 saturated heterocycles. The van der Waals surface area contributed by atoms with Crippen LogP contribution in [0, 0.1) is 13.8 Å². The van der Waals surface area contributed by atoms with E-state index in [0.717, 1.165) is 38.5 Å². The molecule has 1 aromatic rings. The largest absolute Gasteiger partial charge is 0.506 e. The number of aliphatic hydroxyl groups is 1. The lowest BCUT2D eigenvalue weighted by Gasteiger charge is -2.26. The lowest BCUT2D eigenvalue weighted by Crippen LogP contribution is -2.09. The molecule has 2 N–H and O–H groups in total. The number of hydrogen-bond donors (Lipinski definition) is 2. The standard InChI is InChI=1S/C18H32NO3P/c1-5-7-9-11-23(22,12-10-8-6-2)18(21)16-13-19-15(4)17(20)14(16)3/h13,18,20-21H,5-12H2,1-4H3. The van der Waals surface area contributed by atoms with E-state index in [9.17, 15) is 14.8 Å². The molecule has 0 aromatic carbocycles. The van der Waals surface area contributed by atoms with Crippen molar-refractivity contribution in [2.75, 3.05) is 12.3 Å². The molecule has 0 spiro atoms. The van der Waals surface area contributed by atoms with Crippen molar-refractivity contribution in [3.8, 4) is 5.75 Å². The first kappa shape index (κ1) is 20.2. The van der Waals surface area contributed by atoms with Crippen LogP contribution in [0.2, 0.25) is 0 Å². The van der Waals surface area contributed by atoms with Gasteiger partial charge in [0.15, 0.2) is 0 Å². The maximum atomic E-state index is 13.5. The molecule has 0 radical (unpaired) electrons. The van der Waals surface area contributed by atoms with Crippen molar-refractivity contribution in [2.45, 2.75) is 72.1 Å². The van der Waals surface area contributed by atoms with Crippen molar-refractivity contribution >= 4 is 7.14 Å². The fraction of sp³-hybridized carbons (Fsp3) is 0.722. The minimum atomic E-state index is -2.75. The number of unbranched alkanes of at least 4 members (excludes halogenated alkanes) is 4. The van der Waals surface area contributed by atoms with Gasteiger partial charge in [0, 0.05) is 29.6 Å². The third-order valence-corrected chi connectivity index (χ3v) is 7.85. The van der Waals surface area contributed by atoms with Gasteiger partial charge in [-0.2, -0.15) is 0 Å². The van der Waals surface area contributed by atoms with Gasteiger partial charge in [-0.05, 0) is 26.7 Å². The first-order chi connectivity index (χ1) is 10.9. The molecule has 4 nitrogen and oxygen atoms in total. The second-order valence-electron chi connectivity index (χ2n) is 6.46. The van der Waals surface area contributed by atoms with Gasteiger partial charge in [-0.1, -0.05) is 39.5 Å². The summed E-state index contributed by atoms with van der Waals surface area (Å²) in [5.74, 6) is -0.926. The molecular formula is C18H32NO3P. The highest BCUT2D eigenvalue weighted by Gasteiger charge is 2.33. The maximum Gasteiger partial charge on any atom is 0.140 e. The lowest BCUT2D eigenvalue weighted by molar-refractivity contribution is 0.250. The molecule has 1 unspecified atom stereocenters. The molecule has 1 heterocycles. The van der Waals surface area contributed by atoms with Gasteiger partial charge in [0.2, 0.25) is 0 Å². The van der Waals surface area contributed by atoms with Crippen LogP contribution in [0.15, 0.2) is 6.20 Å². The number of nitrogens with zero attached hydrogens (tertiary/aromatic N) is 1. The van der Waals surface area contributed by atoms with Gasteiger partial charge in [0.25, 0.3) is 0 Å². The summed E-state index contributed by atoms with van der Waals surface area (Å²) in [6.07, 6.45) is 8.65. The summed E-state index contributed by atoms with van der Waals surface area (Å²) in [7, 11) is -2.75. The van der Waals surface area contributed by atoms with E-state index in [1.54, 1.807) is 20.0 Å². The van der Waals surface area contributed by atoms with E-state index in [2.05, 4.69) is 18.8 Å². The Labute approximate surface area is 140 Å². The smallest absolute Gasteiger partial charge is 0.140 e. The van der Waals surface area contributed by atoms with Crippen LogP contribution in [0.1, 0.15) is 75.0 Å². The molecule has 1 aromatic heterocycles. The zero-order chi connectivity index (χ0) is 17.5. The van der Waals surface area contributed by atoms with Gasteiger partial charge in [-0.3, -0.25) is 4.98 Å². The van der Waals surface area contributed by atoms with Crippen LogP contribution in [0.5, 0.6) is 5.75 Å². The third-order valence-electron chi connectivity index (χ3n) is 4.53. The maximum absolute atomic E-state index is 13.5. The molecule has 0 bridgehead atoms. The van der Waals surface area contributed by atoms with E-state index in [-0.39, 0.29) is 5.75 Å². The second kappa shape index (κ2) is 9.44. The monoisotopic (exact) mass is 341 g/mol. The summed E-state index contributed by atoms with van der Waals surface area (Å²) < 4.78 is 13.5. The summed E-state index contributed by atoms with van der Waals surface area (Å²) in [5, 5.41) is 20.9. The van der Waals surface area contributed by atoms with E-state index in [1.165, 1.54) is 0 Å².